The van der Waals surface area contributed by atoms with Gasteiger partial charge in [-0.1, -0.05) is 17.4 Å². The van der Waals surface area contributed by atoms with Gasteiger partial charge in [-0.05, 0) is 62.3 Å². The summed E-state index contributed by atoms with van der Waals surface area (Å²) in [6.45, 7) is 2.23. The van der Waals surface area contributed by atoms with Gasteiger partial charge in [-0.15, -0.1) is 0 Å². The maximum absolute atomic E-state index is 12.1. The highest BCUT2D eigenvalue weighted by Gasteiger charge is 2.32. The molecule has 1 heterocycles. The minimum absolute atomic E-state index is 0.242. The Morgan fingerprint density at radius 1 is 1.35 bits per heavy atom. The van der Waals surface area contributed by atoms with Crippen molar-refractivity contribution in [3.63, 3.8) is 0 Å². The average Bonchev–Trinajstić information content (AvgIpc) is 3.13. The zero-order chi connectivity index (χ0) is 15.8. The van der Waals surface area contributed by atoms with Crippen molar-refractivity contribution in [2.24, 2.45) is 0 Å². The number of nitrogens with zero attached hydrogens (tertiary/aromatic N) is 1. The molecule has 1 saturated carbocycles. The number of aryl methyl sites for hydroxylation is 2. The molecule has 0 aliphatic heterocycles. The summed E-state index contributed by atoms with van der Waals surface area (Å²) in [7, 11) is 0. The van der Waals surface area contributed by atoms with Crippen LogP contribution in [0.15, 0.2) is 18.2 Å². The van der Waals surface area contributed by atoms with Crippen LogP contribution in [0.5, 0.6) is 0 Å². The second-order valence-corrected chi connectivity index (χ2v) is 7.19. The fourth-order valence-electron chi connectivity index (χ4n) is 3.13. The first kappa shape index (κ1) is 14.7. The maximum Gasteiger partial charge on any atom is 0.350 e. The molecule has 1 aromatic carbocycles. The molecule has 4 rings (SSSR count). The summed E-state index contributed by atoms with van der Waals surface area (Å²) >= 11 is 1.41. The van der Waals surface area contributed by atoms with E-state index >= 15 is 0 Å². The van der Waals surface area contributed by atoms with Crippen LogP contribution < -0.4 is 5.32 Å². The minimum Gasteiger partial charge on any atom is -0.462 e. The molecule has 23 heavy (non-hydrogen) atoms. The van der Waals surface area contributed by atoms with Gasteiger partial charge in [0.05, 0.1) is 12.3 Å². The molecule has 0 amide bonds. The molecule has 1 N–H and O–H groups in total. The van der Waals surface area contributed by atoms with Crippen molar-refractivity contribution in [2.75, 3.05) is 11.9 Å². The molecular weight excluding hydrogens is 308 g/mol. The Bertz CT molecular complexity index is 749. The number of thiazole rings is 1. The number of aromatic nitrogens is 1. The number of fused-ring (bicyclic) bond motifs is 1. The van der Waals surface area contributed by atoms with Crippen molar-refractivity contribution < 1.29 is 9.53 Å². The van der Waals surface area contributed by atoms with Crippen LogP contribution in [-0.2, 0) is 17.6 Å². The van der Waals surface area contributed by atoms with E-state index in [4.69, 9.17) is 4.74 Å². The summed E-state index contributed by atoms with van der Waals surface area (Å²) in [6, 6.07) is 6.52. The van der Waals surface area contributed by atoms with Crippen molar-refractivity contribution in [2.45, 2.75) is 44.9 Å². The van der Waals surface area contributed by atoms with Crippen LogP contribution in [-0.4, -0.2) is 17.6 Å². The Morgan fingerprint density at radius 3 is 2.96 bits per heavy atom. The number of benzene rings is 1. The number of hydrogen-bond donors (Lipinski definition) is 1. The highest BCUT2D eigenvalue weighted by Crippen LogP contribution is 2.44. The van der Waals surface area contributed by atoms with Crippen molar-refractivity contribution in [3.05, 3.63) is 39.9 Å². The summed E-state index contributed by atoms with van der Waals surface area (Å²) in [5.74, 6) is 0.190. The summed E-state index contributed by atoms with van der Waals surface area (Å²) in [5, 5.41) is 4.16. The lowest BCUT2D eigenvalue weighted by molar-refractivity contribution is 0.0530. The first-order chi connectivity index (χ1) is 11.2. The van der Waals surface area contributed by atoms with Gasteiger partial charge in [-0.2, -0.15) is 0 Å². The molecular formula is C18H20N2O2S. The highest BCUT2D eigenvalue weighted by molar-refractivity contribution is 7.17. The Kier molecular flexibility index (Phi) is 3.81. The molecule has 0 unspecified atom stereocenters. The zero-order valence-corrected chi connectivity index (χ0v) is 14.0. The second kappa shape index (κ2) is 5.96. The van der Waals surface area contributed by atoms with Crippen LogP contribution in [0.25, 0.3) is 0 Å². The highest BCUT2D eigenvalue weighted by atomic mass is 32.1. The van der Waals surface area contributed by atoms with E-state index in [1.165, 1.54) is 35.3 Å². The van der Waals surface area contributed by atoms with E-state index < -0.39 is 0 Å². The average molecular weight is 328 g/mol. The summed E-state index contributed by atoms with van der Waals surface area (Å²) in [5.41, 5.74) is 4.86. The summed E-state index contributed by atoms with van der Waals surface area (Å²) < 4.78 is 5.17. The van der Waals surface area contributed by atoms with Gasteiger partial charge in [0.25, 0.3) is 0 Å². The number of rotatable bonds is 5. The largest absolute Gasteiger partial charge is 0.462 e. The Labute approximate surface area is 139 Å². The molecule has 2 aromatic rings. The number of carbonyl (C=O) groups is 1. The van der Waals surface area contributed by atoms with Gasteiger partial charge in [-0.3, -0.25) is 0 Å². The van der Waals surface area contributed by atoms with Crippen LogP contribution in [0.2, 0.25) is 0 Å². The molecule has 120 valence electrons. The third-order valence-corrected chi connectivity index (χ3v) is 5.39. The Morgan fingerprint density at radius 2 is 2.17 bits per heavy atom. The number of esters is 1. The van der Waals surface area contributed by atoms with Crippen molar-refractivity contribution in [3.8, 4) is 0 Å². The third-order valence-electron chi connectivity index (χ3n) is 4.43. The van der Waals surface area contributed by atoms with E-state index in [0.29, 0.717) is 17.4 Å². The van der Waals surface area contributed by atoms with E-state index in [0.717, 1.165) is 35.8 Å². The molecule has 2 aliphatic rings. The molecule has 2 aliphatic carbocycles. The fraction of sp³-hybridized carbons (Fsp3) is 0.444. The third kappa shape index (κ3) is 2.98. The SMILES string of the molecule is CCOC(=O)c1sc(Nc2ccc3c(c2)CCC3)nc1C1CC1. The smallest absolute Gasteiger partial charge is 0.350 e. The Hall–Kier alpha value is -1.88. The van der Waals surface area contributed by atoms with E-state index in [9.17, 15) is 4.79 Å². The van der Waals surface area contributed by atoms with Gasteiger partial charge in [-0.25, -0.2) is 9.78 Å². The van der Waals surface area contributed by atoms with Crippen molar-refractivity contribution in [1.29, 1.82) is 0 Å². The van der Waals surface area contributed by atoms with E-state index in [1.807, 2.05) is 6.92 Å². The first-order valence-corrected chi connectivity index (χ1v) is 9.13. The Balaban J connectivity index is 1.59. The first-order valence-electron chi connectivity index (χ1n) is 8.31. The van der Waals surface area contributed by atoms with Crippen molar-refractivity contribution in [1.82, 2.24) is 4.98 Å². The number of anilines is 2. The standard InChI is InChI=1S/C18H20N2O2S/c1-2-22-17(21)16-15(12-6-7-12)20-18(23-16)19-14-9-8-11-4-3-5-13(11)10-14/h8-10,12H,2-7H2,1H3,(H,19,20). The number of nitrogens with one attached hydrogen (secondary N) is 1. The van der Waals surface area contributed by atoms with Gasteiger partial charge in [0, 0.05) is 11.6 Å². The van der Waals surface area contributed by atoms with Crippen LogP contribution in [0.4, 0.5) is 10.8 Å². The molecule has 1 aromatic heterocycles. The van der Waals surface area contributed by atoms with Crippen LogP contribution in [0, 0.1) is 0 Å². The fourth-order valence-corrected chi connectivity index (χ4v) is 4.10. The lowest BCUT2D eigenvalue weighted by Gasteiger charge is -2.05. The normalized spacial score (nSPS) is 16.2. The second-order valence-electron chi connectivity index (χ2n) is 6.19. The summed E-state index contributed by atoms with van der Waals surface area (Å²) in [4.78, 5) is 17.5. The van der Waals surface area contributed by atoms with Gasteiger partial charge < -0.3 is 10.1 Å². The molecule has 4 nitrogen and oxygen atoms in total. The van der Waals surface area contributed by atoms with Crippen LogP contribution in [0.1, 0.15) is 58.6 Å². The zero-order valence-electron chi connectivity index (χ0n) is 13.2. The number of hydrogen-bond acceptors (Lipinski definition) is 5. The van der Waals surface area contributed by atoms with Crippen LogP contribution in [0.3, 0.4) is 0 Å². The molecule has 1 fully saturated rings. The van der Waals surface area contributed by atoms with Crippen molar-refractivity contribution >= 4 is 28.1 Å². The number of carbonyl (C=O) groups excluding carboxylic acids is 1. The predicted molar refractivity (Wildman–Crippen MR) is 91.8 cm³/mol. The maximum atomic E-state index is 12.1. The van der Waals surface area contributed by atoms with Gasteiger partial charge in [0.15, 0.2) is 5.13 Å². The van der Waals surface area contributed by atoms with E-state index in [1.54, 1.807) is 0 Å². The molecule has 0 saturated heterocycles. The topological polar surface area (TPSA) is 51.2 Å². The molecule has 0 bridgehead atoms. The quantitative estimate of drug-likeness (QED) is 0.825. The minimum atomic E-state index is -0.242. The van der Waals surface area contributed by atoms with Gasteiger partial charge >= 0.3 is 5.97 Å². The van der Waals surface area contributed by atoms with Gasteiger partial charge in [0.1, 0.15) is 4.88 Å². The molecule has 5 heteroatoms. The monoisotopic (exact) mass is 328 g/mol. The predicted octanol–water partition coefficient (Wildman–Crippen LogP) is 4.43. The lowest BCUT2D eigenvalue weighted by Crippen LogP contribution is -2.05. The molecule has 0 atom stereocenters. The number of ether oxygens (including phenoxy) is 1. The summed E-state index contributed by atoms with van der Waals surface area (Å²) in [6.07, 6.45) is 5.83. The van der Waals surface area contributed by atoms with Gasteiger partial charge in [0.2, 0.25) is 0 Å². The molecule has 0 spiro atoms. The molecule has 0 radical (unpaired) electrons. The van der Waals surface area contributed by atoms with E-state index in [2.05, 4.69) is 28.5 Å². The lowest BCUT2D eigenvalue weighted by atomic mass is 10.1. The van der Waals surface area contributed by atoms with E-state index in [-0.39, 0.29) is 5.97 Å². The van der Waals surface area contributed by atoms with Crippen LogP contribution >= 0.6 is 11.3 Å².